The summed E-state index contributed by atoms with van der Waals surface area (Å²) < 4.78 is 40.9. The molecule has 38 heavy (non-hydrogen) atoms. The number of aliphatic hydroxyl groups excluding tert-OH is 1. The van der Waals surface area contributed by atoms with Crippen molar-refractivity contribution >= 4 is 33.0 Å². The number of aliphatic hydroxyl groups is 1. The van der Waals surface area contributed by atoms with E-state index in [1.807, 2.05) is 21.0 Å². The van der Waals surface area contributed by atoms with Gasteiger partial charge in [-0.2, -0.15) is 0 Å². The lowest BCUT2D eigenvalue weighted by Gasteiger charge is -2.35. The second-order valence-electron chi connectivity index (χ2n) is 10.3. The molecule has 0 bridgehead atoms. The fourth-order valence-corrected chi connectivity index (χ4v) is 6.47. The molecule has 1 amide bonds. The predicted octanol–water partition coefficient (Wildman–Crippen LogP) is 3.91. The maximum atomic E-state index is 14.0. The molecule has 2 aromatic rings. The van der Waals surface area contributed by atoms with Gasteiger partial charge in [0.15, 0.2) is 0 Å². The number of nitrogens with one attached hydrogen (secondary N) is 1. The Morgan fingerprint density at radius 1 is 1.24 bits per heavy atom. The fraction of sp³-hybridized carbons (Fsp3) is 0.593. The zero-order valence-electron chi connectivity index (χ0n) is 22.9. The Kier molecular flexibility index (Phi) is 11.0. The molecule has 1 aliphatic heterocycles. The van der Waals surface area contributed by atoms with Crippen molar-refractivity contribution in [2.45, 2.75) is 62.5 Å². The van der Waals surface area contributed by atoms with Gasteiger partial charge in [-0.25, -0.2) is 8.42 Å². The first kappa shape index (κ1) is 30.4. The molecule has 0 saturated heterocycles. The van der Waals surface area contributed by atoms with Crippen LogP contribution in [-0.2, 0) is 14.8 Å². The van der Waals surface area contributed by atoms with Crippen LogP contribution in [0.3, 0.4) is 0 Å². The first-order chi connectivity index (χ1) is 18.0. The van der Waals surface area contributed by atoms with Gasteiger partial charge in [-0.3, -0.25) is 9.52 Å². The summed E-state index contributed by atoms with van der Waals surface area (Å²) in [6.45, 7) is 7.29. The smallest absolute Gasteiger partial charge is 0.271 e. The van der Waals surface area contributed by atoms with Gasteiger partial charge < -0.3 is 24.4 Å². The van der Waals surface area contributed by atoms with E-state index in [0.29, 0.717) is 25.4 Å². The minimum Gasteiger partial charge on any atom is -0.490 e. The van der Waals surface area contributed by atoms with Gasteiger partial charge in [-0.1, -0.05) is 13.0 Å². The topological polar surface area (TPSA) is 108 Å². The van der Waals surface area contributed by atoms with E-state index in [-0.39, 0.29) is 46.1 Å². The molecule has 1 aromatic carbocycles. The lowest BCUT2D eigenvalue weighted by Crippen LogP contribution is -2.47. The first-order valence-electron chi connectivity index (χ1n) is 13.1. The minimum absolute atomic E-state index is 0.0119. The third-order valence-electron chi connectivity index (χ3n) is 6.61. The van der Waals surface area contributed by atoms with Crippen LogP contribution in [0.25, 0.3) is 0 Å². The Bertz CT molecular complexity index is 1140. The SMILES string of the molecule is C[C@@H]1CCCCO[C@@H](CN(C)C)[C@@H](C)CN([C@H](C)CO)C(=O)c2cc(NS(=O)(=O)c3cccs3)ccc2O1. The van der Waals surface area contributed by atoms with E-state index in [4.69, 9.17) is 9.47 Å². The van der Waals surface area contributed by atoms with Crippen molar-refractivity contribution in [3.8, 4) is 5.75 Å². The summed E-state index contributed by atoms with van der Waals surface area (Å²) in [7, 11) is 0.195. The first-order valence-corrected chi connectivity index (χ1v) is 15.4. The molecule has 0 radical (unpaired) electrons. The molecule has 0 spiro atoms. The molecular formula is C27H41N3O6S2. The van der Waals surface area contributed by atoms with E-state index in [1.165, 1.54) is 12.1 Å². The van der Waals surface area contributed by atoms with Crippen molar-refractivity contribution in [3.63, 3.8) is 0 Å². The second-order valence-corrected chi connectivity index (χ2v) is 13.2. The van der Waals surface area contributed by atoms with Crippen molar-refractivity contribution < 1.29 is 27.8 Å². The highest BCUT2D eigenvalue weighted by Gasteiger charge is 2.30. The summed E-state index contributed by atoms with van der Waals surface area (Å²) >= 11 is 1.12. The molecule has 4 atom stereocenters. The lowest BCUT2D eigenvalue weighted by molar-refractivity contribution is -0.0137. The van der Waals surface area contributed by atoms with Crippen LogP contribution in [-0.4, -0.2) is 87.9 Å². The van der Waals surface area contributed by atoms with Crippen LogP contribution < -0.4 is 9.46 Å². The van der Waals surface area contributed by atoms with E-state index >= 15 is 0 Å². The molecule has 9 nitrogen and oxygen atoms in total. The van der Waals surface area contributed by atoms with E-state index in [2.05, 4.69) is 16.5 Å². The van der Waals surface area contributed by atoms with Crippen LogP contribution in [0, 0.1) is 5.92 Å². The molecule has 2 heterocycles. The molecule has 1 aromatic heterocycles. The predicted molar refractivity (Wildman–Crippen MR) is 151 cm³/mol. The zero-order chi connectivity index (χ0) is 27.9. The largest absolute Gasteiger partial charge is 0.490 e. The standard InChI is InChI=1S/C27H41N3O6S2/c1-19-16-30(20(2)18-31)27(32)23-15-22(28-38(33,34)26-10-8-14-37-26)11-12-24(23)36-21(3)9-6-7-13-35-25(19)17-29(4)5/h8,10-12,14-15,19-21,25,28,31H,6-7,9,13,16-18H2,1-5H3/t19-,20+,21+,25-/m0/s1. The van der Waals surface area contributed by atoms with Gasteiger partial charge in [-0.05, 0) is 76.9 Å². The average molecular weight is 568 g/mol. The molecule has 0 saturated carbocycles. The molecule has 0 unspecified atom stereocenters. The number of hydrogen-bond acceptors (Lipinski definition) is 8. The van der Waals surface area contributed by atoms with Gasteiger partial charge in [-0.15, -0.1) is 11.3 Å². The van der Waals surface area contributed by atoms with Gasteiger partial charge >= 0.3 is 0 Å². The molecule has 0 fully saturated rings. The Labute approximate surface area is 230 Å². The summed E-state index contributed by atoms with van der Waals surface area (Å²) in [4.78, 5) is 17.7. The molecular weight excluding hydrogens is 526 g/mol. The number of benzene rings is 1. The number of hydrogen-bond donors (Lipinski definition) is 2. The van der Waals surface area contributed by atoms with E-state index < -0.39 is 16.1 Å². The number of nitrogens with zero attached hydrogens (tertiary/aromatic N) is 2. The monoisotopic (exact) mass is 567 g/mol. The summed E-state index contributed by atoms with van der Waals surface area (Å²) in [6, 6.07) is 7.51. The molecule has 11 heteroatoms. The Balaban J connectivity index is 2.01. The molecule has 1 aliphatic rings. The molecule has 3 rings (SSSR count). The Morgan fingerprint density at radius 3 is 2.66 bits per heavy atom. The number of sulfonamides is 1. The maximum absolute atomic E-state index is 14.0. The number of carbonyl (C=O) groups is 1. The van der Waals surface area contributed by atoms with Gasteiger partial charge in [0.25, 0.3) is 15.9 Å². The number of ether oxygens (including phenoxy) is 2. The van der Waals surface area contributed by atoms with Crippen LogP contribution in [0.4, 0.5) is 5.69 Å². The van der Waals surface area contributed by atoms with Gasteiger partial charge in [0, 0.05) is 31.3 Å². The van der Waals surface area contributed by atoms with Crippen LogP contribution >= 0.6 is 11.3 Å². The van der Waals surface area contributed by atoms with E-state index in [0.717, 1.165) is 30.6 Å². The van der Waals surface area contributed by atoms with E-state index in [9.17, 15) is 18.3 Å². The number of likely N-dealkylation sites (N-methyl/N-ethyl adjacent to an activating group) is 1. The summed E-state index contributed by atoms with van der Waals surface area (Å²) in [6.07, 6.45) is 2.36. The molecule has 212 valence electrons. The third kappa shape index (κ3) is 8.16. The van der Waals surface area contributed by atoms with E-state index in [1.54, 1.807) is 35.4 Å². The quantitative estimate of drug-likeness (QED) is 0.522. The van der Waals surface area contributed by atoms with Crippen molar-refractivity contribution in [2.24, 2.45) is 5.92 Å². The Morgan fingerprint density at radius 2 is 2.00 bits per heavy atom. The van der Waals surface area contributed by atoms with Crippen molar-refractivity contribution in [3.05, 3.63) is 41.3 Å². The molecule has 2 N–H and O–H groups in total. The normalized spacial score (nSPS) is 22.9. The molecule has 0 aliphatic carbocycles. The lowest BCUT2D eigenvalue weighted by atomic mass is 10.0. The van der Waals surface area contributed by atoms with Crippen molar-refractivity contribution in [1.29, 1.82) is 0 Å². The number of amides is 1. The highest BCUT2D eigenvalue weighted by molar-refractivity contribution is 7.94. The highest BCUT2D eigenvalue weighted by Crippen LogP contribution is 2.30. The van der Waals surface area contributed by atoms with Crippen molar-refractivity contribution in [1.82, 2.24) is 9.80 Å². The average Bonchev–Trinajstić information content (AvgIpc) is 3.42. The highest BCUT2D eigenvalue weighted by atomic mass is 32.2. The van der Waals surface area contributed by atoms with Gasteiger partial charge in [0.05, 0.1) is 30.4 Å². The maximum Gasteiger partial charge on any atom is 0.271 e. The third-order valence-corrected chi connectivity index (χ3v) is 9.39. The van der Waals surface area contributed by atoms with Gasteiger partial charge in [0.1, 0.15) is 9.96 Å². The number of thiophene rings is 1. The fourth-order valence-electron chi connectivity index (χ4n) is 4.43. The number of anilines is 1. The van der Waals surface area contributed by atoms with Crippen LogP contribution in [0.15, 0.2) is 39.9 Å². The van der Waals surface area contributed by atoms with Crippen LogP contribution in [0.1, 0.15) is 50.4 Å². The van der Waals surface area contributed by atoms with Crippen LogP contribution in [0.2, 0.25) is 0 Å². The Hall–Kier alpha value is -2.18. The van der Waals surface area contributed by atoms with Crippen LogP contribution in [0.5, 0.6) is 5.75 Å². The summed E-state index contributed by atoms with van der Waals surface area (Å²) in [5.74, 6) is 0.0445. The summed E-state index contributed by atoms with van der Waals surface area (Å²) in [5, 5.41) is 11.7. The zero-order valence-corrected chi connectivity index (χ0v) is 24.6. The van der Waals surface area contributed by atoms with Crippen molar-refractivity contribution in [2.75, 3.05) is 45.1 Å². The summed E-state index contributed by atoms with van der Waals surface area (Å²) in [5.41, 5.74) is 0.513. The van der Waals surface area contributed by atoms with Gasteiger partial charge in [0.2, 0.25) is 0 Å². The minimum atomic E-state index is -3.79. The second kappa shape index (κ2) is 13.7. The number of fused-ring (bicyclic) bond motifs is 1. The number of rotatable bonds is 7. The number of carbonyl (C=O) groups excluding carboxylic acids is 1.